The molecule has 5 nitrogen and oxygen atoms in total. The van der Waals surface area contributed by atoms with Crippen molar-refractivity contribution in [1.82, 2.24) is 0 Å². The minimum absolute atomic E-state index is 0.00569. The minimum atomic E-state index is -3.64. The van der Waals surface area contributed by atoms with Gasteiger partial charge < -0.3 is 4.90 Å². The predicted molar refractivity (Wildman–Crippen MR) is 109 cm³/mol. The van der Waals surface area contributed by atoms with E-state index in [1.165, 1.54) is 12.1 Å². The summed E-state index contributed by atoms with van der Waals surface area (Å²) >= 11 is 12.5. The Balaban J connectivity index is 2.17. The highest BCUT2D eigenvalue weighted by Crippen LogP contribution is 2.40. The van der Waals surface area contributed by atoms with E-state index in [1.807, 2.05) is 17.9 Å². The monoisotopic (exact) mass is 447 g/mol. The molecule has 0 radical (unpaired) electrons. The largest absolute Gasteiger partial charge is 0.363 e. The molecule has 0 saturated heterocycles. The summed E-state index contributed by atoms with van der Waals surface area (Å²) in [5, 5.41) is 1.11. The molecule has 0 aromatic heterocycles. The molecule has 0 aliphatic carbocycles. The van der Waals surface area contributed by atoms with Gasteiger partial charge in [0.1, 0.15) is 0 Å². The average molecular weight is 448 g/mol. The lowest BCUT2D eigenvalue weighted by Crippen LogP contribution is -2.35. The Kier molecular flexibility index (Phi) is 5.27. The van der Waals surface area contributed by atoms with E-state index in [9.17, 15) is 16.8 Å². The maximum absolute atomic E-state index is 12.4. The van der Waals surface area contributed by atoms with Gasteiger partial charge >= 0.3 is 0 Å². The van der Waals surface area contributed by atoms with Gasteiger partial charge in [0.2, 0.25) is 0 Å². The van der Waals surface area contributed by atoms with Crippen molar-refractivity contribution in [2.24, 2.45) is 0 Å². The van der Waals surface area contributed by atoms with E-state index in [0.29, 0.717) is 28.7 Å². The van der Waals surface area contributed by atoms with Crippen LogP contribution in [0.3, 0.4) is 0 Å². The Labute approximate surface area is 169 Å². The van der Waals surface area contributed by atoms with Crippen LogP contribution in [-0.4, -0.2) is 35.9 Å². The van der Waals surface area contributed by atoms with Gasteiger partial charge in [-0.25, -0.2) is 16.8 Å². The van der Waals surface area contributed by atoms with Crippen LogP contribution in [0.1, 0.15) is 24.1 Å². The van der Waals surface area contributed by atoms with Gasteiger partial charge in [-0.05, 0) is 54.8 Å². The molecule has 1 aliphatic heterocycles. The molecule has 2 aromatic carbocycles. The van der Waals surface area contributed by atoms with Crippen molar-refractivity contribution in [3.8, 4) is 0 Å². The molecular weight excluding hydrogens is 429 g/mol. The van der Waals surface area contributed by atoms with Crippen molar-refractivity contribution < 1.29 is 16.8 Å². The molecule has 0 bridgehead atoms. The Hall–Kier alpha value is -1.28. The van der Waals surface area contributed by atoms with E-state index in [2.05, 4.69) is 0 Å². The van der Waals surface area contributed by atoms with Crippen LogP contribution in [0.5, 0.6) is 0 Å². The number of hydrogen-bond donors (Lipinski definition) is 0. The standard InChI is InChI=1S/C18H19Cl2NO4S2/c1-11-15-8-12(19)9-16(20)14(15)6-7-21(11)17-5-4-13(26(2,22)23)10-18(17)27(3,24)25/h4-5,8-11H,6-7H2,1-3H3/t11-/m1/s1. The summed E-state index contributed by atoms with van der Waals surface area (Å²) in [7, 11) is -7.17. The second-order valence-corrected chi connectivity index (χ2v) is 11.6. The summed E-state index contributed by atoms with van der Waals surface area (Å²) < 4.78 is 48.5. The van der Waals surface area contributed by atoms with Gasteiger partial charge in [0.15, 0.2) is 19.7 Å². The van der Waals surface area contributed by atoms with Crippen LogP contribution in [0.4, 0.5) is 5.69 Å². The van der Waals surface area contributed by atoms with Crippen LogP contribution in [0.15, 0.2) is 40.1 Å². The lowest BCUT2D eigenvalue weighted by molar-refractivity contribution is 0.594. The Morgan fingerprint density at radius 3 is 2.26 bits per heavy atom. The van der Waals surface area contributed by atoms with Crippen molar-refractivity contribution in [3.05, 3.63) is 51.5 Å². The number of nitrogens with zero attached hydrogens (tertiary/aromatic N) is 1. The van der Waals surface area contributed by atoms with Crippen molar-refractivity contribution >= 4 is 48.6 Å². The summed E-state index contributed by atoms with van der Waals surface area (Å²) in [6, 6.07) is 7.59. The Morgan fingerprint density at radius 1 is 1.00 bits per heavy atom. The van der Waals surface area contributed by atoms with Gasteiger partial charge in [0, 0.05) is 29.1 Å². The normalized spacial score (nSPS) is 17.7. The zero-order valence-corrected chi connectivity index (χ0v) is 18.2. The molecule has 0 saturated carbocycles. The van der Waals surface area contributed by atoms with E-state index in [-0.39, 0.29) is 15.8 Å². The van der Waals surface area contributed by atoms with Crippen molar-refractivity contribution in [2.45, 2.75) is 29.2 Å². The zero-order valence-electron chi connectivity index (χ0n) is 15.0. The molecule has 9 heteroatoms. The lowest BCUT2D eigenvalue weighted by atomic mass is 9.93. The highest BCUT2D eigenvalue weighted by atomic mass is 35.5. The maximum Gasteiger partial charge on any atom is 0.177 e. The number of halogens is 2. The van der Waals surface area contributed by atoms with Gasteiger partial charge in [-0.1, -0.05) is 23.2 Å². The van der Waals surface area contributed by atoms with Crippen LogP contribution >= 0.6 is 23.2 Å². The molecule has 1 aliphatic rings. The first-order chi connectivity index (χ1) is 12.4. The third-order valence-corrected chi connectivity index (χ3v) is 7.58. The van der Waals surface area contributed by atoms with Crippen LogP contribution in [0.2, 0.25) is 10.0 Å². The van der Waals surface area contributed by atoms with E-state index < -0.39 is 19.7 Å². The van der Waals surface area contributed by atoms with Gasteiger partial charge in [-0.2, -0.15) is 0 Å². The number of benzene rings is 2. The number of fused-ring (bicyclic) bond motifs is 1. The van der Waals surface area contributed by atoms with E-state index in [0.717, 1.165) is 23.6 Å². The summed E-state index contributed by atoms with van der Waals surface area (Å²) in [5.41, 5.74) is 2.41. The molecule has 0 spiro atoms. The molecule has 27 heavy (non-hydrogen) atoms. The smallest absolute Gasteiger partial charge is 0.177 e. The highest BCUT2D eigenvalue weighted by molar-refractivity contribution is 7.91. The molecule has 1 heterocycles. The van der Waals surface area contributed by atoms with Crippen molar-refractivity contribution in [1.29, 1.82) is 0 Å². The van der Waals surface area contributed by atoms with Crippen molar-refractivity contribution in [3.63, 3.8) is 0 Å². The lowest BCUT2D eigenvalue weighted by Gasteiger charge is -2.38. The third-order valence-electron chi connectivity index (χ3n) is 4.78. The number of rotatable bonds is 3. The van der Waals surface area contributed by atoms with E-state index in [1.54, 1.807) is 12.1 Å². The van der Waals surface area contributed by atoms with Crippen LogP contribution in [0.25, 0.3) is 0 Å². The molecule has 0 amide bonds. The second kappa shape index (κ2) is 6.95. The number of hydrogen-bond acceptors (Lipinski definition) is 5. The third kappa shape index (κ3) is 3.97. The minimum Gasteiger partial charge on any atom is -0.363 e. The van der Waals surface area contributed by atoms with E-state index >= 15 is 0 Å². The molecule has 1 atom stereocenters. The Morgan fingerprint density at radius 2 is 1.67 bits per heavy atom. The SMILES string of the molecule is C[C@@H]1c2cc(Cl)cc(Cl)c2CCN1c1ccc(S(C)(=O)=O)cc1S(C)(=O)=O. The summed E-state index contributed by atoms with van der Waals surface area (Å²) in [4.78, 5) is 1.91. The quantitative estimate of drug-likeness (QED) is 0.712. The fraction of sp³-hybridized carbons (Fsp3) is 0.333. The first-order valence-electron chi connectivity index (χ1n) is 8.18. The predicted octanol–water partition coefficient (Wildman–Crippen LogP) is 3.92. The van der Waals surface area contributed by atoms with Gasteiger partial charge in [0.25, 0.3) is 0 Å². The van der Waals surface area contributed by atoms with Gasteiger partial charge in [-0.15, -0.1) is 0 Å². The average Bonchev–Trinajstić information content (AvgIpc) is 2.53. The topological polar surface area (TPSA) is 71.5 Å². The summed E-state index contributed by atoms with van der Waals surface area (Å²) in [5.74, 6) is 0. The van der Waals surface area contributed by atoms with Gasteiger partial charge in [0.05, 0.1) is 21.5 Å². The maximum atomic E-state index is 12.4. The molecule has 3 rings (SSSR count). The fourth-order valence-electron chi connectivity index (χ4n) is 3.44. The molecular formula is C18H19Cl2NO4S2. The first-order valence-corrected chi connectivity index (χ1v) is 12.7. The molecule has 0 N–H and O–H groups in total. The zero-order chi connectivity index (χ0) is 20.1. The number of anilines is 1. The van der Waals surface area contributed by atoms with E-state index in [4.69, 9.17) is 23.2 Å². The summed E-state index contributed by atoms with van der Waals surface area (Å²) in [6.07, 6.45) is 2.76. The second-order valence-electron chi connectivity index (χ2n) is 6.75. The van der Waals surface area contributed by atoms with Crippen LogP contribution in [-0.2, 0) is 26.1 Å². The molecule has 2 aromatic rings. The number of sulfone groups is 2. The molecule has 0 unspecified atom stereocenters. The van der Waals surface area contributed by atoms with Gasteiger partial charge in [-0.3, -0.25) is 0 Å². The van der Waals surface area contributed by atoms with Crippen LogP contribution in [0, 0.1) is 0 Å². The van der Waals surface area contributed by atoms with Crippen molar-refractivity contribution in [2.75, 3.05) is 24.0 Å². The first kappa shape index (κ1) is 20.5. The molecule has 146 valence electrons. The molecule has 0 fully saturated rings. The van der Waals surface area contributed by atoms with Crippen LogP contribution < -0.4 is 4.90 Å². The summed E-state index contributed by atoms with van der Waals surface area (Å²) in [6.45, 7) is 2.50. The Bertz CT molecular complexity index is 1130. The fourth-order valence-corrected chi connectivity index (χ4v) is 5.67. The highest BCUT2D eigenvalue weighted by Gasteiger charge is 2.30.